The number of piperidine rings is 1. The average Bonchev–Trinajstić information content (AvgIpc) is 3.04. The van der Waals surface area contributed by atoms with Crippen molar-refractivity contribution in [1.29, 1.82) is 0 Å². The third kappa shape index (κ3) is 3.43. The third-order valence-electron chi connectivity index (χ3n) is 4.66. The van der Waals surface area contributed by atoms with Crippen molar-refractivity contribution in [3.63, 3.8) is 0 Å². The van der Waals surface area contributed by atoms with Crippen LogP contribution in [-0.2, 0) is 0 Å². The summed E-state index contributed by atoms with van der Waals surface area (Å²) in [5.74, 6) is -0.260. The number of likely N-dealkylation sites (tertiary alicyclic amines) is 1. The predicted molar refractivity (Wildman–Crippen MR) is 104 cm³/mol. The number of carbonyl (C=O) groups excluding carboxylic acids is 1. The lowest BCUT2D eigenvalue weighted by Gasteiger charge is -2.31. The minimum Gasteiger partial charge on any atom is -0.339 e. The maximum absolute atomic E-state index is 13.2. The summed E-state index contributed by atoms with van der Waals surface area (Å²) in [6, 6.07) is 9.63. The number of hydrogen-bond donors (Lipinski definition) is 0. The Bertz CT molecular complexity index is 983. The lowest BCUT2D eigenvalue weighted by atomic mass is 9.97. The van der Waals surface area contributed by atoms with E-state index in [1.807, 2.05) is 18.2 Å². The van der Waals surface area contributed by atoms with Gasteiger partial charge in [0.1, 0.15) is 5.82 Å². The number of thiazole rings is 1. The van der Waals surface area contributed by atoms with Crippen LogP contribution in [0.4, 0.5) is 4.39 Å². The monoisotopic (exact) mass is 408 g/mol. The summed E-state index contributed by atoms with van der Waals surface area (Å²) in [6.45, 7) is 1.27. The summed E-state index contributed by atoms with van der Waals surface area (Å²) in [5.41, 5.74) is 1.27. The van der Waals surface area contributed by atoms with Crippen molar-refractivity contribution in [2.45, 2.75) is 18.8 Å². The Morgan fingerprint density at radius 1 is 1.15 bits per heavy atom. The Morgan fingerprint density at radius 3 is 2.65 bits per heavy atom. The molecule has 2 heterocycles. The van der Waals surface area contributed by atoms with E-state index < -0.39 is 5.82 Å². The second kappa shape index (κ2) is 7.14. The van der Waals surface area contributed by atoms with Gasteiger partial charge in [0.15, 0.2) is 0 Å². The topological polar surface area (TPSA) is 33.2 Å². The van der Waals surface area contributed by atoms with Crippen LogP contribution in [0, 0.1) is 5.82 Å². The smallest absolute Gasteiger partial charge is 0.255 e. The van der Waals surface area contributed by atoms with Crippen LogP contribution in [0.15, 0.2) is 36.4 Å². The van der Waals surface area contributed by atoms with Crippen LogP contribution in [0.3, 0.4) is 0 Å². The highest BCUT2D eigenvalue weighted by atomic mass is 35.5. The molecule has 2 aromatic carbocycles. The Hall–Kier alpha value is -1.69. The lowest BCUT2D eigenvalue weighted by molar-refractivity contribution is 0.0713. The molecule has 26 heavy (non-hydrogen) atoms. The van der Waals surface area contributed by atoms with Crippen LogP contribution >= 0.6 is 34.5 Å². The fourth-order valence-electron chi connectivity index (χ4n) is 3.26. The van der Waals surface area contributed by atoms with Crippen molar-refractivity contribution < 1.29 is 9.18 Å². The molecule has 0 bridgehead atoms. The molecule has 0 radical (unpaired) electrons. The van der Waals surface area contributed by atoms with Crippen molar-refractivity contribution in [3.05, 3.63) is 62.8 Å². The average molecular weight is 409 g/mol. The summed E-state index contributed by atoms with van der Waals surface area (Å²) < 4.78 is 14.3. The van der Waals surface area contributed by atoms with E-state index in [4.69, 9.17) is 28.2 Å². The van der Waals surface area contributed by atoms with Gasteiger partial charge in [-0.1, -0.05) is 23.2 Å². The maximum Gasteiger partial charge on any atom is 0.255 e. The molecule has 1 fully saturated rings. The molecule has 0 N–H and O–H groups in total. The first-order valence-electron chi connectivity index (χ1n) is 8.31. The molecule has 134 valence electrons. The highest BCUT2D eigenvalue weighted by Gasteiger charge is 2.27. The lowest BCUT2D eigenvalue weighted by Crippen LogP contribution is -2.38. The fourth-order valence-corrected chi connectivity index (χ4v) is 4.79. The normalized spacial score (nSPS) is 15.6. The van der Waals surface area contributed by atoms with Gasteiger partial charge < -0.3 is 4.90 Å². The van der Waals surface area contributed by atoms with Gasteiger partial charge in [-0.3, -0.25) is 4.79 Å². The third-order valence-corrected chi connectivity index (χ3v) is 6.41. The zero-order valence-electron chi connectivity index (χ0n) is 13.7. The second-order valence-corrected chi connectivity index (χ2v) is 8.26. The maximum atomic E-state index is 13.2. The van der Waals surface area contributed by atoms with Gasteiger partial charge in [0.2, 0.25) is 0 Å². The molecule has 1 amide bonds. The Balaban J connectivity index is 1.47. The van der Waals surface area contributed by atoms with E-state index in [0.29, 0.717) is 29.6 Å². The number of amides is 1. The van der Waals surface area contributed by atoms with Crippen LogP contribution in [0.25, 0.3) is 10.2 Å². The van der Waals surface area contributed by atoms with Gasteiger partial charge in [-0.05, 0) is 49.2 Å². The summed E-state index contributed by atoms with van der Waals surface area (Å²) in [6.07, 6.45) is 1.69. The Kier molecular flexibility index (Phi) is 4.86. The van der Waals surface area contributed by atoms with Gasteiger partial charge in [0, 0.05) is 24.0 Å². The summed E-state index contributed by atoms with van der Waals surface area (Å²) in [5, 5.41) is 1.93. The Morgan fingerprint density at radius 2 is 1.92 bits per heavy atom. The van der Waals surface area contributed by atoms with Crippen molar-refractivity contribution in [2.24, 2.45) is 0 Å². The summed E-state index contributed by atoms with van der Waals surface area (Å²) >= 11 is 13.7. The standard InChI is InChI=1S/C19H15Cl2FN2OS/c20-12-1-4-17-16(9-12)23-18(26-17)11-5-7-24(8-6-11)19(25)14-3-2-13(22)10-15(14)21/h1-4,9-11H,5-8H2. The molecule has 3 nitrogen and oxygen atoms in total. The van der Waals surface area contributed by atoms with Crippen molar-refractivity contribution >= 4 is 50.7 Å². The molecule has 7 heteroatoms. The molecule has 1 aromatic heterocycles. The predicted octanol–water partition coefficient (Wildman–Crippen LogP) is 5.76. The van der Waals surface area contributed by atoms with E-state index in [2.05, 4.69) is 0 Å². The zero-order valence-corrected chi connectivity index (χ0v) is 16.0. The van der Waals surface area contributed by atoms with Gasteiger partial charge in [0.25, 0.3) is 5.91 Å². The largest absolute Gasteiger partial charge is 0.339 e. The molecule has 0 saturated carbocycles. The molecular formula is C19H15Cl2FN2OS. The molecule has 1 aliphatic heterocycles. The van der Waals surface area contributed by atoms with Crippen LogP contribution in [-0.4, -0.2) is 28.9 Å². The molecule has 0 spiro atoms. The number of benzene rings is 2. The molecule has 3 aromatic rings. The molecular weight excluding hydrogens is 394 g/mol. The van der Waals surface area contributed by atoms with Crippen molar-refractivity contribution in [1.82, 2.24) is 9.88 Å². The number of nitrogens with zero attached hydrogens (tertiary/aromatic N) is 2. The van der Waals surface area contributed by atoms with E-state index in [-0.39, 0.29) is 10.9 Å². The van der Waals surface area contributed by atoms with E-state index in [0.717, 1.165) is 28.1 Å². The number of aromatic nitrogens is 1. The number of halogens is 3. The van der Waals surface area contributed by atoms with E-state index in [1.165, 1.54) is 18.2 Å². The molecule has 0 atom stereocenters. The molecule has 1 saturated heterocycles. The summed E-state index contributed by atoms with van der Waals surface area (Å²) in [7, 11) is 0. The van der Waals surface area contributed by atoms with E-state index >= 15 is 0 Å². The summed E-state index contributed by atoms with van der Waals surface area (Å²) in [4.78, 5) is 19.1. The minimum atomic E-state index is -0.443. The van der Waals surface area contributed by atoms with Gasteiger partial charge >= 0.3 is 0 Å². The molecule has 4 rings (SSSR count). The number of rotatable bonds is 2. The van der Waals surface area contributed by atoms with Crippen LogP contribution < -0.4 is 0 Å². The molecule has 1 aliphatic rings. The van der Waals surface area contributed by atoms with Crippen LogP contribution in [0.5, 0.6) is 0 Å². The molecule has 0 unspecified atom stereocenters. The first-order valence-corrected chi connectivity index (χ1v) is 9.89. The highest BCUT2D eigenvalue weighted by Crippen LogP contribution is 2.35. The van der Waals surface area contributed by atoms with Gasteiger partial charge in [0.05, 0.1) is 25.8 Å². The number of hydrogen-bond acceptors (Lipinski definition) is 3. The van der Waals surface area contributed by atoms with Crippen LogP contribution in [0.1, 0.15) is 34.1 Å². The second-order valence-electron chi connectivity index (χ2n) is 6.35. The molecule has 0 aliphatic carbocycles. The van der Waals surface area contributed by atoms with Crippen LogP contribution in [0.2, 0.25) is 10.0 Å². The fraction of sp³-hybridized carbons (Fsp3) is 0.263. The van der Waals surface area contributed by atoms with Gasteiger partial charge in [-0.15, -0.1) is 11.3 Å². The Labute approximate surface area is 164 Å². The quantitative estimate of drug-likeness (QED) is 0.539. The van der Waals surface area contributed by atoms with Crippen molar-refractivity contribution in [3.8, 4) is 0 Å². The minimum absolute atomic E-state index is 0.149. The first-order chi connectivity index (χ1) is 12.5. The zero-order chi connectivity index (χ0) is 18.3. The SMILES string of the molecule is O=C(c1ccc(F)cc1Cl)N1CCC(c2nc3cc(Cl)ccc3s2)CC1. The first kappa shape index (κ1) is 17.7. The number of fused-ring (bicyclic) bond motifs is 1. The highest BCUT2D eigenvalue weighted by molar-refractivity contribution is 7.18. The van der Waals surface area contributed by atoms with Crippen molar-refractivity contribution in [2.75, 3.05) is 13.1 Å². The van der Waals surface area contributed by atoms with E-state index in [1.54, 1.807) is 16.2 Å². The van der Waals surface area contributed by atoms with Gasteiger partial charge in [-0.2, -0.15) is 0 Å². The van der Waals surface area contributed by atoms with E-state index in [9.17, 15) is 9.18 Å². The van der Waals surface area contributed by atoms with Gasteiger partial charge in [-0.25, -0.2) is 9.37 Å². The number of carbonyl (C=O) groups is 1.